The summed E-state index contributed by atoms with van der Waals surface area (Å²) in [6.07, 6.45) is 30.1. The van der Waals surface area contributed by atoms with Crippen LogP contribution < -0.4 is 5.32 Å². The van der Waals surface area contributed by atoms with Crippen molar-refractivity contribution in [2.75, 3.05) is 13.2 Å². The molecule has 7 N–H and O–H groups in total. The molecule has 1 aliphatic heterocycles. The molecule has 10 heteroatoms. The van der Waals surface area contributed by atoms with Crippen LogP contribution in [0.15, 0.2) is 12.2 Å². The van der Waals surface area contributed by atoms with Crippen LogP contribution >= 0.6 is 0 Å². The van der Waals surface area contributed by atoms with Crippen molar-refractivity contribution in [1.82, 2.24) is 5.32 Å². The van der Waals surface area contributed by atoms with E-state index in [4.69, 9.17) is 9.47 Å². The fourth-order valence-corrected chi connectivity index (χ4v) is 7.40. The fraction of sp³-hybridized carbons (Fsp3) is 0.933. The SMILES string of the molecule is CCCCCCCCCCCCC=CC(O)C(COC1OC(CO)C(O)C(O)C1O)NC(=O)C(O)CCCCCCCCCCCCCCCCCCCC. The first-order chi connectivity index (χ1) is 26.8. The Bertz CT molecular complexity index is 890. The van der Waals surface area contributed by atoms with Gasteiger partial charge in [0.2, 0.25) is 5.91 Å². The van der Waals surface area contributed by atoms with Gasteiger partial charge in [0.1, 0.15) is 30.5 Å². The molecular weight excluding hydrogens is 698 g/mol. The third kappa shape index (κ3) is 26.5. The van der Waals surface area contributed by atoms with Crippen LogP contribution in [0.4, 0.5) is 0 Å². The van der Waals surface area contributed by atoms with Crippen LogP contribution in [-0.4, -0.2) is 98.7 Å². The van der Waals surface area contributed by atoms with Crippen molar-refractivity contribution in [1.29, 1.82) is 0 Å². The zero-order valence-corrected chi connectivity index (χ0v) is 35.3. The van der Waals surface area contributed by atoms with Gasteiger partial charge in [0.15, 0.2) is 6.29 Å². The molecule has 8 atom stereocenters. The molecule has 1 rings (SSSR count). The standard InChI is InChI=1S/C45H87NO9/c1-3-5-7-9-11-13-15-17-18-19-20-21-22-24-26-28-30-32-34-39(49)44(53)46-37(36-54-45-43(52)42(51)41(50)40(35-47)55-45)38(48)33-31-29-27-25-23-16-14-12-10-8-6-4-2/h31,33,37-43,45,47-52H,3-30,32,34-36H2,1-2H3,(H,46,53). The summed E-state index contributed by atoms with van der Waals surface area (Å²) >= 11 is 0. The molecule has 0 saturated carbocycles. The Morgan fingerprint density at radius 2 is 1.04 bits per heavy atom. The van der Waals surface area contributed by atoms with E-state index in [0.717, 1.165) is 44.9 Å². The van der Waals surface area contributed by atoms with Crippen molar-refractivity contribution in [3.8, 4) is 0 Å². The van der Waals surface area contributed by atoms with Gasteiger partial charge < -0.3 is 45.4 Å². The molecule has 0 radical (unpaired) electrons. The van der Waals surface area contributed by atoms with Gasteiger partial charge in [-0.25, -0.2) is 0 Å². The highest BCUT2D eigenvalue weighted by Gasteiger charge is 2.44. The van der Waals surface area contributed by atoms with Crippen LogP contribution in [0.1, 0.15) is 206 Å². The van der Waals surface area contributed by atoms with Crippen LogP contribution in [0.5, 0.6) is 0 Å². The summed E-state index contributed by atoms with van der Waals surface area (Å²) in [4.78, 5) is 13.0. The Balaban J connectivity index is 2.38. The first kappa shape index (κ1) is 51.9. The molecule has 326 valence electrons. The maximum atomic E-state index is 13.0. The second kappa shape index (κ2) is 36.0. The highest BCUT2D eigenvalue weighted by molar-refractivity contribution is 5.80. The maximum absolute atomic E-state index is 13.0. The molecule has 55 heavy (non-hydrogen) atoms. The smallest absolute Gasteiger partial charge is 0.249 e. The van der Waals surface area contributed by atoms with Crippen molar-refractivity contribution in [3.63, 3.8) is 0 Å². The summed E-state index contributed by atoms with van der Waals surface area (Å²) in [5, 5.41) is 64.6. The molecule has 0 aliphatic carbocycles. The number of hydrogen-bond acceptors (Lipinski definition) is 9. The predicted molar refractivity (Wildman–Crippen MR) is 223 cm³/mol. The minimum Gasteiger partial charge on any atom is -0.394 e. The normalized spacial score (nSPS) is 21.9. The monoisotopic (exact) mass is 786 g/mol. The van der Waals surface area contributed by atoms with E-state index in [1.54, 1.807) is 6.08 Å². The van der Waals surface area contributed by atoms with Gasteiger partial charge >= 0.3 is 0 Å². The minimum atomic E-state index is -1.61. The van der Waals surface area contributed by atoms with Gasteiger partial charge in [-0.15, -0.1) is 0 Å². The summed E-state index contributed by atoms with van der Waals surface area (Å²) < 4.78 is 11.1. The van der Waals surface area contributed by atoms with Crippen LogP contribution in [0, 0.1) is 0 Å². The molecule has 1 amide bonds. The van der Waals surface area contributed by atoms with Crippen LogP contribution in [0.25, 0.3) is 0 Å². The molecule has 8 unspecified atom stereocenters. The van der Waals surface area contributed by atoms with Crippen molar-refractivity contribution in [2.45, 2.75) is 255 Å². The van der Waals surface area contributed by atoms with Crippen molar-refractivity contribution in [3.05, 3.63) is 12.2 Å². The average molecular weight is 786 g/mol. The number of amides is 1. The maximum Gasteiger partial charge on any atom is 0.249 e. The third-order valence-corrected chi connectivity index (χ3v) is 11.2. The molecule has 0 aromatic heterocycles. The number of nitrogens with one attached hydrogen (secondary N) is 1. The lowest BCUT2D eigenvalue weighted by Crippen LogP contribution is -2.60. The van der Waals surface area contributed by atoms with Crippen molar-refractivity contribution >= 4 is 5.91 Å². The van der Waals surface area contributed by atoms with Gasteiger partial charge in [-0.2, -0.15) is 0 Å². The number of hydrogen-bond donors (Lipinski definition) is 7. The Kier molecular flexibility index (Phi) is 34.0. The average Bonchev–Trinajstić information content (AvgIpc) is 3.18. The predicted octanol–water partition coefficient (Wildman–Crippen LogP) is 8.31. The number of carbonyl (C=O) groups is 1. The zero-order chi connectivity index (χ0) is 40.4. The van der Waals surface area contributed by atoms with E-state index in [2.05, 4.69) is 19.2 Å². The third-order valence-electron chi connectivity index (χ3n) is 11.2. The second-order valence-corrected chi connectivity index (χ2v) is 16.3. The van der Waals surface area contributed by atoms with E-state index in [1.165, 1.54) is 141 Å². The number of aliphatic hydroxyl groups excluding tert-OH is 6. The fourth-order valence-electron chi connectivity index (χ4n) is 7.40. The van der Waals surface area contributed by atoms with Gasteiger partial charge in [0.25, 0.3) is 0 Å². The van der Waals surface area contributed by atoms with E-state index in [1.807, 2.05) is 6.08 Å². The highest BCUT2D eigenvalue weighted by atomic mass is 16.7. The largest absolute Gasteiger partial charge is 0.394 e. The molecular formula is C45H87NO9. The Morgan fingerprint density at radius 3 is 1.47 bits per heavy atom. The Morgan fingerprint density at radius 1 is 0.618 bits per heavy atom. The quantitative estimate of drug-likeness (QED) is 0.0241. The van der Waals surface area contributed by atoms with Crippen molar-refractivity contribution < 1.29 is 44.9 Å². The Labute approximate surface area is 336 Å². The molecule has 1 saturated heterocycles. The molecule has 1 fully saturated rings. The number of allylic oxidation sites excluding steroid dienone is 1. The van der Waals surface area contributed by atoms with Gasteiger partial charge in [-0.1, -0.05) is 199 Å². The molecule has 0 bridgehead atoms. The molecule has 0 spiro atoms. The van der Waals surface area contributed by atoms with Gasteiger partial charge in [-0.05, 0) is 19.3 Å². The lowest BCUT2D eigenvalue weighted by atomic mass is 9.99. The van der Waals surface area contributed by atoms with E-state index >= 15 is 0 Å². The summed E-state index contributed by atoms with van der Waals surface area (Å²) in [5.74, 6) is -0.614. The second-order valence-electron chi connectivity index (χ2n) is 16.3. The number of rotatable bonds is 38. The number of carbonyl (C=O) groups excluding carboxylic acids is 1. The molecule has 10 nitrogen and oxygen atoms in total. The molecule has 1 aliphatic rings. The number of unbranched alkanes of at least 4 members (excludes halogenated alkanes) is 27. The van der Waals surface area contributed by atoms with Gasteiger partial charge in [0.05, 0.1) is 25.4 Å². The summed E-state index contributed by atoms with van der Waals surface area (Å²) in [7, 11) is 0. The van der Waals surface area contributed by atoms with E-state index in [0.29, 0.717) is 6.42 Å². The Hall–Kier alpha value is -1.11. The zero-order valence-electron chi connectivity index (χ0n) is 35.3. The van der Waals surface area contributed by atoms with Gasteiger partial charge in [-0.3, -0.25) is 4.79 Å². The van der Waals surface area contributed by atoms with E-state index < -0.39 is 61.5 Å². The summed E-state index contributed by atoms with van der Waals surface area (Å²) in [6, 6.07) is -0.973. The molecule has 1 heterocycles. The lowest BCUT2D eigenvalue weighted by molar-refractivity contribution is -0.302. The minimum absolute atomic E-state index is 0.301. The highest BCUT2D eigenvalue weighted by Crippen LogP contribution is 2.23. The van der Waals surface area contributed by atoms with Crippen molar-refractivity contribution in [2.24, 2.45) is 0 Å². The number of aliphatic hydroxyl groups is 6. The van der Waals surface area contributed by atoms with Crippen LogP contribution in [0.3, 0.4) is 0 Å². The van der Waals surface area contributed by atoms with Gasteiger partial charge in [0, 0.05) is 0 Å². The van der Waals surface area contributed by atoms with Crippen LogP contribution in [0.2, 0.25) is 0 Å². The molecule has 0 aromatic carbocycles. The lowest BCUT2D eigenvalue weighted by Gasteiger charge is -2.40. The van der Waals surface area contributed by atoms with E-state index in [-0.39, 0.29) is 6.61 Å². The van der Waals surface area contributed by atoms with Crippen LogP contribution in [-0.2, 0) is 14.3 Å². The number of ether oxygens (including phenoxy) is 2. The summed E-state index contributed by atoms with van der Waals surface area (Å²) in [6.45, 7) is 3.60. The molecule has 0 aromatic rings. The topological polar surface area (TPSA) is 169 Å². The first-order valence-electron chi connectivity index (χ1n) is 23.0. The summed E-state index contributed by atoms with van der Waals surface area (Å²) in [5.41, 5.74) is 0. The first-order valence-corrected chi connectivity index (χ1v) is 23.0. The van der Waals surface area contributed by atoms with E-state index in [9.17, 15) is 35.4 Å².